The average Bonchev–Trinajstić information content (AvgIpc) is 3.04. The lowest BCUT2D eigenvalue weighted by Gasteiger charge is -2.44. The lowest BCUT2D eigenvalue weighted by atomic mass is 9.68. The van der Waals surface area contributed by atoms with Gasteiger partial charge in [0.05, 0.1) is 10.9 Å². The first-order valence-electron chi connectivity index (χ1n) is 11.4. The Labute approximate surface area is 179 Å². The van der Waals surface area contributed by atoms with Crippen molar-refractivity contribution in [2.45, 2.75) is 85.6 Å². The van der Waals surface area contributed by atoms with Gasteiger partial charge in [0.25, 0.3) is 0 Å². The maximum atomic E-state index is 7.31. The van der Waals surface area contributed by atoms with E-state index >= 15 is 0 Å². The van der Waals surface area contributed by atoms with Gasteiger partial charge >= 0.3 is 0 Å². The zero-order valence-corrected chi connectivity index (χ0v) is 23.5. The zero-order chi connectivity index (χ0) is 21.9. The molecule has 0 spiro atoms. The SMILES string of the molecule is C=[PH](CC)CC([PH](=C)CC)[PH](=C)C(C)(C)OC12C(C)C(C)(C)C(C)C1C2(C)C. The predicted octanol–water partition coefficient (Wildman–Crippen LogP) is 6.75. The largest absolute Gasteiger partial charge is 0.364 e. The Balaban J connectivity index is 2.34. The molecule has 2 rings (SSSR count). The van der Waals surface area contributed by atoms with E-state index in [-0.39, 0.29) is 16.4 Å². The summed E-state index contributed by atoms with van der Waals surface area (Å²) < 4.78 is 7.31. The zero-order valence-electron chi connectivity index (χ0n) is 20.5. The van der Waals surface area contributed by atoms with Crippen LogP contribution in [0.4, 0.5) is 0 Å². The number of rotatable bonds is 9. The van der Waals surface area contributed by atoms with E-state index in [1.807, 2.05) is 0 Å². The Morgan fingerprint density at radius 1 is 1.00 bits per heavy atom. The maximum absolute atomic E-state index is 7.31. The highest BCUT2D eigenvalue weighted by molar-refractivity contribution is 7.75. The van der Waals surface area contributed by atoms with Gasteiger partial charge < -0.3 is 4.74 Å². The molecule has 0 aliphatic heterocycles. The summed E-state index contributed by atoms with van der Waals surface area (Å²) in [5, 5.41) is 0.564. The third-order valence-corrected chi connectivity index (χ3v) is 19.0. The van der Waals surface area contributed by atoms with E-state index < -0.39 is 22.6 Å². The van der Waals surface area contributed by atoms with Crippen molar-refractivity contribution in [1.29, 1.82) is 0 Å². The molecule has 0 heterocycles. The molecule has 0 amide bonds. The summed E-state index contributed by atoms with van der Waals surface area (Å²) in [6.07, 6.45) is 17.7. The predicted molar refractivity (Wildman–Crippen MR) is 143 cm³/mol. The second-order valence-electron chi connectivity index (χ2n) is 11.3. The summed E-state index contributed by atoms with van der Waals surface area (Å²) >= 11 is 0. The van der Waals surface area contributed by atoms with E-state index in [0.717, 1.165) is 0 Å². The lowest BCUT2D eigenvalue weighted by Crippen LogP contribution is -2.42. The lowest BCUT2D eigenvalue weighted by molar-refractivity contribution is -0.0983. The quantitative estimate of drug-likeness (QED) is 0.356. The van der Waals surface area contributed by atoms with Crippen LogP contribution in [-0.4, -0.2) is 53.7 Å². The Hall–Kier alpha value is 0.860. The summed E-state index contributed by atoms with van der Waals surface area (Å²) in [4.78, 5) is 0. The third kappa shape index (κ3) is 3.68. The van der Waals surface area contributed by atoms with Crippen LogP contribution in [0.25, 0.3) is 0 Å². The topological polar surface area (TPSA) is 9.23 Å². The van der Waals surface area contributed by atoms with Gasteiger partial charge in [0.2, 0.25) is 0 Å². The highest BCUT2D eigenvalue weighted by Crippen LogP contribution is 2.81. The van der Waals surface area contributed by atoms with Crippen LogP contribution in [0.2, 0.25) is 0 Å². The van der Waals surface area contributed by atoms with Crippen LogP contribution in [0.5, 0.6) is 0 Å². The van der Waals surface area contributed by atoms with E-state index in [9.17, 15) is 0 Å². The molecular weight excluding hydrogens is 397 g/mol. The molecule has 0 bridgehead atoms. The van der Waals surface area contributed by atoms with Crippen molar-refractivity contribution in [3.8, 4) is 0 Å². The fourth-order valence-corrected chi connectivity index (χ4v) is 16.4. The summed E-state index contributed by atoms with van der Waals surface area (Å²) in [6, 6.07) is 0. The highest BCUT2D eigenvalue weighted by atomic mass is 31.2. The van der Waals surface area contributed by atoms with Gasteiger partial charge in [-0.05, 0) is 60.9 Å². The third-order valence-electron chi connectivity index (χ3n) is 9.15. The average molecular weight is 447 g/mol. The molecule has 2 aliphatic carbocycles. The molecule has 2 saturated carbocycles. The Morgan fingerprint density at radius 2 is 1.54 bits per heavy atom. The summed E-state index contributed by atoms with van der Waals surface area (Å²) in [6.45, 7) is 24.0. The van der Waals surface area contributed by atoms with Crippen LogP contribution < -0.4 is 0 Å². The number of hydrogen-bond donors (Lipinski definition) is 0. The molecule has 0 N–H and O–H groups in total. The molecule has 0 saturated heterocycles. The van der Waals surface area contributed by atoms with Gasteiger partial charge in [0, 0.05) is 5.41 Å². The van der Waals surface area contributed by atoms with Crippen molar-refractivity contribution in [2.24, 2.45) is 28.6 Å². The number of ether oxygens (including phenoxy) is 1. The minimum absolute atomic E-state index is 0.0147. The Morgan fingerprint density at radius 3 is 1.96 bits per heavy atom. The van der Waals surface area contributed by atoms with Crippen molar-refractivity contribution < 1.29 is 4.74 Å². The van der Waals surface area contributed by atoms with Gasteiger partial charge in [0.1, 0.15) is 0 Å². The van der Waals surface area contributed by atoms with Crippen LogP contribution in [0.3, 0.4) is 0 Å². The monoisotopic (exact) mass is 446 g/mol. The minimum Gasteiger partial charge on any atom is -0.364 e. The van der Waals surface area contributed by atoms with Crippen LogP contribution in [0.15, 0.2) is 0 Å². The van der Waals surface area contributed by atoms with E-state index in [0.29, 0.717) is 28.6 Å². The standard InChI is InChI=1S/C24H49OP3/c1-14-26(11)16-19(27(12)15-2)28(13)23(9,10)25-24-18(4)21(5,6)17(3)20(24)22(24,7)8/h17-20,26-28H,11-16H2,1-10H3. The van der Waals surface area contributed by atoms with Gasteiger partial charge in [-0.1, -0.05) is 62.9 Å². The Kier molecular flexibility index (Phi) is 7.25. The first kappa shape index (κ1) is 25.1. The van der Waals surface area contributed by atoms with Crippen molar-refractivity contribution in [3.05, 3.63) is 0 Å². The summed E-state index contributed by atoms with van der Waals surface area (Å²) in [7, 11) is -2.09. The fourth-order valence-electron chi connectivity index (χ4n) is 6.38. The van der Waals surface area contributed by atoms with Crippen LogP contribution in [-0.2, 0) is 4.74 Å². The molecule has 2 aliphatic rings. The molecule has 0 radical (unpaired) electrons. The molecule has 166 valence electrons. The molecule has 8 unspecified atom stereocenters. The van der Waals surface area contributed by atoms with E-state index in [2.05, 4.69) is 81.8 Å². The Bertz CT molecular complexity index is 671. The highest BCUT2D eigenvalue weighted by Gasteiger charge is 2.83. The fraction of sp³-hybridized carbons (Fsp3) is 0.875. The van der Waals surface area contributed by atoms with Crippen LogP contribution >= 0.6 is 22.6 Å². The summed E-state index contributed by atoms with van der Waals surface area (Å²) in [5.74, 6) is 1.93. The second-order valence-corrected chi connectivity index (χ2v) is 20.2. The van der Waals surface area contributed by atoms with E-state index in [1.165, 1.54) is 18.5 Å². The molecule has 28 heavy (non-hydrogen) atoms. The normalized spacial score (nSPS) is 37.7. The molecular formula is C24H49OP3. The van der Waals surface area contributed by atoms with Gasteiger partial charge in [0.15, 0.2) is 0 Å². The molecule has 2 fully saturated rings. The van der Waals surface area contributed by atoms with Gasteiger partial charge in [-0.25, -0.2) is 0 Å². The van der Waals surface area contributed by atoms with Crippen LogP contribution in [0, 0.1) is 28.6 Å². The van der Waals surface area contributed by atoms with Crippen molar-refractivity contribution in [1.82, 2.24) is 0 Å². The second kappa shape index (κ2) is 8.09. The number of fused-ring (bicyclic) bond motifs is 1. The van der Waals surface area contributed by atoms with E-state index in [4.69, 9.17) is 11.0 Å². The smallest absolute Gasteiger partial charge is 0.0816 e. The van der Waals surface area contributed by atoms with Crippen molar-refractivity contribution in [3.63, 3.8) is 0 Å². The first-order valence-corrected chi connectivity index (χ1v) is 17.3. The molecule has 4 heteroatoms. The van der Waals surface area contributed by atoms with Crippen molar-refractivity contribution >= 4 is 41.5 Å². The molecule has 0 aromatic rings. The van der Waals surface area contributed by atoms with E-state index in [1.54, 1.807) is 0 Å². The van der Waals surface area contributed by atoms with Crippen molar-refractivity contribution in [2.75, 3.05) is 18.5 Å². The maximum Gasteiger partial charge on any atom is 0.0816 e. The number of hydrogen-bond acceptors (Lipinski definition) is 1. The molecule has 0 aromatic carbocycles. The minimum atomic E-state index is -0.950. The van der Waals surface area contributed by atoms with Gasteiger partial charge in [-0.15, -0.1) is 34.0 Å². The summed E-state index contributed by atoms with van der Waals surface area (Å²) in [5.41, 5.74) is 0.616. The van der Waals surface area contributed by atoms with Crippen LogP contribution in [0.1, 0.15) is 69.2 Å². The molecule has 1 nitrogen and oxygen atoms in total. The van der Waals surface area contributed by atoms with Gasteiger partial charge in [-0.2, -0.15) is 0 Å². The molecule has 8 atom stereocenters. The van der Waals surface area contributed by atoms with Gasteiger partial charge in [-0.3, -0.25) is 0 Å². The first-order chi connectivity index (χ1) is 12.6. The molecule has 0 aromatic heterocycles.